The minimum Gasteiger partial charge on any atom is -0.355 e. The molecular formula is C17H27Cl2N5O. The van der Waals surface area contributed by atoms with Gasteiger partial charge in [-0.1, -0.05) is 0 Å². The van der Waals surface area contributed by atoms with E-state index in [1.165, 1.54) is 12.8 Å². The Morgan fingerprint density at radius 3 is 2.16 bits per heavy atom. The second-order valence-corrected chi connectivity index (χ2v) is 7.02. The van der Waals surface area contributed by atoms with Gasteiger partial charge in [0, 0.05) is 26.2 Å². The average molecular weight is 388 g/mol. The van der Waals surface area contributed by atoms with Crippen LogP contribution in [-0.4, -0.2) is 60.3 Å². The summed E-state index contributed by atoms with van der Waals surface area (Å²) < 4.78 is 0. The van der Waals surface area contributed by atoms with Crippen molar-refractivity contribution in [2.24, 2.45) is 11.8 Å². The number of amides is 1. The first-order chi connectivity index (χ1) is 11.3. The molecule has 0 spiro atoms. The van der Waals surface area contributed by atoms with Crippen LogP contribution in [-0.2, 0) is 0 Å². The van der Waals surface area contributed by atoms with Crippen molar-refractivity contribution in [1.82, 2.24) is 20.4 Å². The van der Waals surface area contributed by atoms with Crippen LogP contribution in [0.5, 0.6) is 0 Å². The van der Waals surface area contributed by atoms with Crippen LogP contribution in [0.4, 0.5) is 5.82 Å². The molecule has 0 aliphatic carbocycles. The third kappa shape index (κ3) is 4.36. The van der Waals surface area contributed by atoms with Crippen LogP contribution in [0.3, 0.4) is 0 Å². The number of fused-ring (bicyclic) bond motifs is 1. The van der Waals surface area contributed by atoms with Crippen LogP contribution < -0.4 is 10.2 Å². The van der Waals surface area contributed by atoms with Gasteiger partial charge in [0.15, 0.2) is 11.5 Å². The molecule has 140 valence electrons. The molecule has 0 unspecified atom stereocenters. The summed E-state index contributed by atoms with van der Waals surface area (Å²) in [6.45, 7) is 6.00. The molecule has 2 atom stereocenters. The Morgan fingerprint density at radius 2 is 1.60 bits per heavy atom. The lowest BCUT2D eigenvalue weighted by molar-refractivity contribution is 0.0751. The predicted octanol–water partition coefficient (Wildman–Crippen LogP) is 1.99. The van der Waals surface area contributed by atoms with Crippen LogP contribution in [0.2, 0.25) is 0 Å². The van der Waals surface area contributed by atoms with Crippen LogP contribution in [0.1, 0.15) is 36.2 Å². The van der Waals surface area contributed by atoms with E-state index in [4.69, 9.17) is 0 Å². The summed E-state index contributed by atoms with van der Waals surface area (Å²) in [4.78, 5) is 16.9. The molecule has 1 N–H and O–H groups in total. The van der Waals surface area contributed by atoms with Gasteiger partial charge in [-0.3, -0.25) is 4.79 Å². The normalized spacial score (nSPS) is 25.6. The zero-order chi connectivity index (χ0) is 15.6. The monoisotopic (exact) mass is 387 g/mol. The highest BCUT2D eigenvalue weighted by molar-refractivity contribution is 5.92. The molecule has 4 heterocycles. The highest BCUT2D eigenvalue weighted by atomic mass is 35.5. The van der Waals surface area contributed by atoms with E-state index in [9.17, 15) is 4.79 Å². The van der Waals surface area contributed by atoms with Gasteiger partial charge >= 0.3 is 0 Å². The number of nitrogens with zero attached hydrogens (tertiary/aromatic N) is 4. The lowest BCUT2D eigenvalue weighted by atomic mass is 9.92. The molecule has 0 saturated carbocycles. The molecule has 4 rings (SSSR count). The Labute approximate surface area is 161 Å². The fraction of sp³-hybridized carbons (Fsp3) is 0.706. The van der Waals surface area contributed by atoms with E-state index in [2.05, 4.69) is 20.4 Å². The Hall–Kier alpha value is -1.11. The molecule has 6 nitrogen and oxygen atoms in total. The Balaban J connectivity index is 0.00000113. The van der Waals surface area contributed by atoms with Crippen molar-refractivity contribution in [2.45, 2.75) is 25.7 Å². The Kier molecular flexibility index (Phi) is 7.28. The highest BCUT2D eigenvalue weighted by Gasteiger charge is 2.32. The number of hydrogen-bond donors (Lipinski definition) is 1. The number of aromatic nitrogens is 2. The van der Waals surface area contributed by atoms with Gasteiger partial charge in [-0.15, -0.1) is 35.0 Å². The molecule has 8 heteroatoms. The summed E-state index contributed by atoms with van der Waals surface area (Å²) in [6, 6.07) is 3.79. The predicted molar refractivity (Wildman–Crippen MR) is 103 cm³/mol. The number of carbonyl (C=O) groups is 1. The van der Waals surface area contributed by atoms with E-state index >= 15 is 0 Å². The van der Waals surface area contributed by atoms with Gasteiger partial charge in [-0.2, -0.15) is 0 Å². The molecule has 25 heavy (non-hydrogen) atoms. The van der Waals surface area contributed by atoms with Gasteiger partial charge in [-0.25, -0.2) is 0 Å². The summed E-state index contributed by atoms with van der Waals surface area (Å²) in [6.07, 6.45) is 4.63. The van der Waals surface area contributed by atoms with Crippen LogP contribution in [0, 0.1) is 11.8 Å². The zero-order valence-electron chi connectivity index (χ0n) is 14.4. The van der Waals surface area contributed by atoms with Gasteiger partial charge in [0.2, 0.25) is 0 Å². The van der Waals surface area contributed by atoms with Gasteiger partial charge in [0.05, 0.1) is 0 Å². The van der Waals surface area contributed by atoms with Gasteiger partial charge < -0.3 is 15.1 Å². The van der Waals surface area contributed by atoms with Crippen molar-refractivity contribution in [2.75, 3.05) is 44.2 Å². The van der Waals surface area contributed by atoms with E-state index in [0.717, 1.165) is 69.8 Å². The number of rotatable bonds is 2. The molecule has 0 bridgehead atoms. The van der Waals surface area contributed by atoms with Crippen molar-refractivity contribution in [3.63, 3.8) is 0 Å². The smallest absolute Gasteiger partial charge is 0.274 e. The van der Waals surface area contributed by atoms with Crippen molar-refractivity contribution < 1.29 is 4.79 Å². The van der Waals surface area contributed by atoms with Crippen LogP contribution in [0.15, 0.2) is 12.1 Å². The molecule has 3 fully saturated rings. The SMILES string of the molecule is Cl.Cl.O=C(c1ccc(N2CCCC2)nn1)N1CC[C@@H]2CNC[C@@H]2CC1. The van der Waals surface area contributed by atoms with Crippen molar-refractivity contribution in [1.29, 1.82) is 0 Å². The van der Waals surface area contributed by atoms with Crippen molar-refractivity contribution >= 4 is 36.5 Å². The zero-order valence-corrected chi connectivity index (χ0v) is 16.0. The number of carbonyl (C=O) groups excluding carboxylic acids is 1. The van der Waals surface area contributed by atoms with E-state index in [1.807, 2.05) is 17.0 Å². The molecule has 3 aliphatic rings. The fourth-order valence-corrected chi connectivity index (χ4v) is 4.14. The fourth-order valence-electron chi connectivity index (χ4n) is 4.14. The quantitative estimate of drug-likeness (QED) is 0.840. The van der Waals surface area contributed by atoms with Crippen LogP contribution in [0.25, 0.3) is 0 Å². The molecule has 0 radical (unpaired) electrons. The van der Waals surface area contributed by atoms with Gasteiger partial charge in [0.1, 0.15) is 0 Å². The number of anilines is 1. The first-order valence-electron chi connectivity index (χ1n) is 8.90. The third-order valence-electron chi connectivity index (χ3n) is 5.61. The lowest BCUT2D eigenvalue weighted by Gasteiger charge is -2.21. The molecule has 3 aliphatic heterocycles. The number of nitrogens with one attached hydrogen (secondary N) is 1. The minimum atomic E-state index is 0. The average Bonchev–Trinajstić information content (AvgIpc) is 3.24. The third-order valence-corrected chi connectivity index (χ3v) is 5.61. The maximum Gasteiger partial charge on any atom is 0.274 e. The molecular weight excluding hydrogens is 361 g/mol. The van der Waals surface area contributed by atoms with E-state index in [-0.39, 0.29) is 30.7 Å². The second kappa shape index (κ2) is 9.01. The van der Waals surface area contributed by atoms with Crippen LogP contribution >= 0.6 is 24.8 Å². The Morgan fingerprint density at radius 1 is 0.960 bits per heavy atom. The molecule has 1 aromatic heterocycles. The summed E-state index contributed by atoms with van der Waals surface area (Å²) in [7, 11) is 0. The first kappa shape index (κ1) is 20.2. The topological polar surface area (TPSA) is 61.4 Å². The number of hydrogen-bond acceptors (Lipinski definition) is 5. The largest absolute Gasteiger partial charge is 0.355 e. The van der Waals surface area contributed by atoms with Crippen molar-refractivity contribution in [3.05, 3.63) is 17.8 Å². The summed E-state index contributed by atoms with van der Waals surface area (Å²) >= 11 is 0. The van der Waals surface area contributed by atoms with Gasteiger partial charge in [0.25, 0.3) is 5.91 Å². The van der Waals surface area contributed by atoms with E-state index in [0.29, 0.717) is 5.69 Å². The van der Waals surface area contributed by atoms with Gasteiger partial charge in [-0.05, 0) is 62.7 Å². The summed E-state index contributed by atoms with van der Waals surface area (Å²) in [5.41, 5.74) is 0.484. The second-order valence-electron chi connectivity index (χ2n) is 7.02. The van der Waals surface area contributed by atoms with E-state index < -0.39 is 0 Å². The molecule has 1 aromatic rings. The minimum absolute atomic E-state index is 0. The standard InChI is InChI=1S/C17H25N5O.2ClH/c23-17(22-9-5-13-11-18-12-14(13)6-10-22)15-3-4-16(20-19-15)21-7-1-2-8-21;;/h3-4,13-14,18H,1-2,5-12H2;2*1H/t13-,14+;;. The highest BCUT2D eigenvalue weighted by Crippen LogP contribution is 2.27. The molecule has 3 saturated heterocycles. The molecule has 1 amide bonds. The summed E-state index contributed by atoms with van der Waals surface area (Å²) in [5, 5.41) is 12.0. The maximum atomic E-state index is 12.7. The number of halogens is 2. The molecule has 0 aromatic carbocycles. The Bertz CT molecular complexity index is 551. The lowest BCUT2D eigenvalue weighted by Crippen LogP contribution is -2.33. The maximum absolute atomic E-state index is 12.7. The van der Waals surface area contributed by atoms with E-state index in [1.54, 1.807) is 0 Å². The van der Waals surface area contributed by atoms with Crippen molar-refractivity contribution in [3.8, 4) is 0 Å². The number of likely N-dealkylation sites (tertiary alicyclic amines) is 1. The first-order valence-corrected chi connectivity index (χ1v) is 8.90. The summed E-state index contributed by atoms with van der Waals surface area (Å²) in [5.74, 6) is 2.40.